The minimum Gasteiger partial charge on any atom is -0.360 e. The van der Waals surface area contributed by atoms with Gasteiger partial charge in [-0.3, -0.25) is 4.90 Å². The molecule has 3 rings (SSSR count). The van der Waals surface area contributed by atoms with Gasteiger partial charge < -0.3 is 10.2 Å². The molecule has 2 aliphatic rings. The van der Waals surface area contributed by atoms with Crippen LogP contribution < -0.4 is 15.2 Å². The number of nitrogens with one attached hydrogen (secondary N) is 2. The number of thiocarbonyl (C=S) groups is 1. The van der Waals surface area contributed by atoms with Crippen LogP contribution in [0.3, 0.4) is 0 Å². The first-order valence-electron chi connectivity index (χ1n) is 8.51. The molecule has 4 nitrogen and oxygen atoms in total. The highest BCUT2D eigenvalue weighted by molar-refractivity contribution is 7.80. The van der Waals surface area contributed by atoms with Crippen LogP contribution in [0.1, 0.15) is 32.6 Å². The highest BCUT2D eigenvalue weighted by atomic mass is 32.1. The van der Waals surface area contributed by atoms with Crippen molar-refractivity contribution in [3.8, 4) is 0 Å². The molecule has 0 spiro atoms. The van der Waals surface area contributed by atoms with Gasteiger partial charge in [-0.1, -0.05) is 25.8 Å². The van der Waals surface area contributed by atoms with Gasteiger partial charge in [-0.05, 0) is 37.0 Å². The second-order valence-corrected chi connectivity index (χ2v) is 6.93. The van der Waals surface area contributed by atoms with Crippen LogP contribution in [0.25, 0.3) is 0 Å². The van der Waals surface area contributed by atoms with Gasteiger partial charge in [0.1, 0.15) is 13.1 Å². The predicted molar refractivity (Wildman–Crippen MR) is 93.9 cm³/mol. The van der Waals surface area contributed by atoms with E-state index in [-0.39, 0.29) is 0 Å². The minimum atomic E-state index is 0.571. The van der Waals surface area contributed by atoms with E-state index in [9.17, 15) is 0 Å². The summed E-state index contributed by atoms with van der Waals surface area (Å²) in [6, 6.07) is 6.80. The van der Waals surface area contributed by atoms with E-state index in [2.05, 4.69) is 39.2 Å². The van der Waals surface area contributed by atoms with Crippen LogP contribution in [0.4, 0.5) is 5.82 Å². The summed E-state index contributed by atoms with van der Waals surface area (Å²) >= 11 is 5.65. The molecule has 1 saturated heterocycles. The van der Waals surface area contributed by atoms with Crippen molar-refractivity contribution in [2.45, 2.75) is 38.6 Å². The number of piperazine rings is 1. The lowest BCUT2D eigenvalue weighted by Crippen LogP contribution is -2.55. The molecule has 2 atom stereocenters. The van der Waals surface area contributed by atoms with Crippen LogP contribution in [0.5, 0.6) is 0 Å². The molecule has 0 bridgehead atoms. The van der Waals surface area contributed by atoms with Gasteiger partial charge in [-0.2, -0.15) is 0 Å². The van der Waals surface area contributed by atoms with Gasteiger partial charge >= 0.3 is 0 Å². The standard InChI is InChI=1S/C17H26N4S/c1-14-6-2-3-7-15(14)19-17(22)21-12-10-20(11-13-21)16-8-4-5-9-18-16/h4-5,8-9,14-15H,2-3,6-7,10-13H2,1H3,(H,19,22)/p+1/t14-,15-/m1/s1. The molecule has 1 aromatic heterocycles. The maximum Gasteiger partial charge on any atom is 0.274 e. The number of nitrogens with zero attached hydrogens (tertiary/aromatic N) is 2. The highest BCUT2D eigenvalue weighted by Crippen LogP contribution is 2.24. The quantitative estimate of drug-likeness (QED) is 0.846. The Kier molecular flexibility index (Phi) is 5.13. The molecule has 2 N–H and O–H groups in total. The number of pyridine rings is 1. The lowest BCUT2D eigenvalue weighted by Gasteiger charge is -2.36. The summed E-state index contributed by atoms with van der Waals surface area (Å²) in [6.45, 7) is 6.37. The van der Waals surface area contributed by atoms with Crippen LogP contribution in [0.15, 0.2) is 24.4 Å². The molecule has 1 saturated carbocycles. The Morgan fingerprint density at radius 3 is 2.64 bits per heavy atom. The van der Waals surface area contributed by atoms with E-state index in [0.29, 0.717) is 6.04 Å². The van der Waals surface area contributed by atoms with E-state index in [1.807, 2.05) is 12.3 Å². The zero-order chi connectivity index (χ0) is 15.4. The van der Waals surface area contributed by atoms with Gasteiger partial charge in [0.15, 0.2) is 5.11 Å². The number of aromatic amines is 1. The predicted octanol–water partition coefficient (Wildman–Crippen LogP) is 2.08. The van der Waals surface area contributed by atoms with Crippen LogP contribution >= 0.6 is 12.2 Å². The average Bonchev–Trinajstić information content (AvgIpc) is 2.58. The van der Waals surface area contributed by atoms with Gasteiger partial charge in [-0.15, -0.1) is 0 Å². The van der Waals surface area contributed by atoms with Gasteiger partial charge in [0.25, 0.3) is 5.82 Å². The third kappa shape index (κ3) is 3.69. The molecule has 0 aromatic carbocycles. The Morgan fingerprint density at radius 1 is 1.18 bits per heavy atom. The minimum absolute atomic E-state index is 0.571. The summed E-state index contributed by atoms with van der Waals surface area (Å²) in [5.41, 5.74) is 0. The SMILES string of the molecule is C[C@@H]1CCCC[C@H]1NC(=S)N1CCN(c2cccc[nH+]2)CC1. The zero-order valence-electron chi connectivity index (χ0n) is 13.4. The fraction of sp³-hybridized carbons (Fsp3) is 0.647. The zero-order valence-corrected chi connectivity index (χ0v) is 14.2. The molecule has 1 aliphatic carbocycles. The van der Waals surface area contributed by atoms with Gasteiger partial charge in [0, 0.05) is 12.1 Å². The number of H-pyrrole nitrogens is 1. The molecule has 1 aliphatic heterocycles. The molecule has 120 valence electrons. The van der Waals surface area contributed by atoms with Crippen LogP contribution in [0.2, 0.25) is 0 Å². The van der Waals surface area contributed by atoms with E-state index in [4.69, 9.17) is 12.2 Å². The summed E-state index contributed by atoms with van der Waals surface area (Å²) in [6.07, 6.45) is 7.29. The van der Waals surface area contributed by atoms with Crippen molar-refractivity contribution in [1.29, 1.82) is 0 Å². The highest BCUT2D eigenvalue weighted by Gasteiger charge is 2.27. The molecule has 5 heteroatoms. The Morgan fingerprint density at radius 2 is 1.95 bits per heavy atom. The number of rotatable bonds is 2. The molecule has 0 amide bonds. The van der Waals surface area contributed by atoms with Crippen molar-refractivity contribution in [2.75, 3.05) is 31.1 Å². The molecule has 0 unspecified atom stereocenters. The summed E-state index contributed by atoms with van der Waals surface area (Å²) in [5.74, 6) is 1.94. The average molecular weight is 319 g/mol. The Bertz CT molecular complexity index is 485. The Balaban J connectivity index is 1.49. The van der Waals surface area contributed by atoms with Gasteiger partial charge in [0.05, 0.1) is 19.3 Å². The van der Waals surface area contributed by atoms with Crippen molar-refractivity contribution in [3.63, 3.8) is 0 Å². The molecule has 0 radical (unpaired) electrons. The fourth-order valence-electron chi connectivity index (χ4n) is 3.51. The first-order valence-corrected chi connectivity index (χ1v) is 8.92. The molecule has 2 fully saturated rings. The lowest BCUT2D eigenvalue weighted by atomic mass is 9.86. The van der Waals surface area contributed by atoms with E-state index in [0.717, 1.165) is 37.2 Å². The maximum atomic E-state index is 5.65. The largest absolute Gasteiger partial charge is 0.360 e. The van der Waals surface area contributed by atoms with E-state index in [1.165, 1.54) is 31.5 Å². The number of hydrogen-bond acceptors (Lipinski definition) is 2. The van der Waals surface area contributed by atoms with E-state index < -0.39 is 0 Å². The number of hydrogen-bond donors (Lipinski definition) is 1. The summed E-state index contributed by atoms with van der Waals surface area (Å²) in [7, 11) is 0. The number of aromatic nitrogens is 1. The third-order valence-electron chi connectivity index (χ3n) is 5.02. The van der Waals surface area contributed by atoms with Gasteiger partial charge in [0.2, 0.25) is 0 Å². The van der Waals surface area contributed by atoms with Crippen LogP contribution in [-0.4, -0.2) is 42.2 Å². The molecular weight excluding hydrogens is 292 g/mol. The normalized spacial score (nSPS) is 25.9. The second kappa shape index (κ2) is 7.27. The van der Waals surface area contributed by atoms with E-state index >= 15 is 0 Å². The summed E-state index contributed by atoms with van der Waals surface area (Å²) < 4.78 is 0. The molecule has 2 heterocycles. The summed E-state index contributed by atoms with van der Waals surface area (Å²) in [4.78, 5) is 8.03. The monoisotopic (exact) mass is 319 g/mol. The van der Waals surface area contributed by atoms with Crippen molar-refractivity contribution >= 4 is 23.1 Å². The van der Waals surface area contributed by atoms with Crippen LogP contribution in [0, 0.1) is 5.92 Å². The van der Waals surface area contributed by atoms with Crippen molar-refractivity contribution in [1.82, 2.24) is 10.2 Å². The number of anilines is 1. The second-order valence-electron chi connectivity index (χ2n) is 6.54. The van der Waals surface area contributed by atoms with Crippen LogP contribution in [-0.2, 0) is 0 Å². The van der Waals surface area contributed by atoms with E-state index in [1.54, 1.807) is 0 Å². The lowest BCUT2D eigenvalue weighted by molar-refractivity contribution is -0.364. The first-order chi connectivity index (χ1) is 10.7. The fourth-order valence-corrected chi connectivity index (χ4v) is 3.85. The Labute approximate surface area is 138 Å². The third-order valence-corrected chi connectivity index (χ3v) is 5.40. The Hall–Kier alpha value is -1.36. The topological polar surface area (TPSA) is 32.6 Å². The summed E-state index contributed by atoms with van der Waals surface area (Å²) in [5, 5.41) is 4.58. The maximum absolute atomic E-state index is 5.65. The van der Waals surface area contributed by atoms with Crippen molar-refractivity contribution in [2.24, 2.45) is 5.92 Å². The van der Waals surface area contributed by atoms with Crippen molar-refractivity contribution < 1.29 is 4.98 Å². The van der Waals surface area contributed by atoms with Crippen molar-refractivity contribution in [3.05, 3.63) is 24.4 Å². The molecule has 1 aromatic rings. The molecule has 22 heavy (non-hydrogen) atoms. The molecular formula is C17H27N4S+. The van der Waals surface area contributed by atoms with Gasteiger partial charge in [-0.25, -0.2) is 4.98 Å². The smallest absolute Gasteiger partial charge is 0.274 e. The first kappa shape index (κ1) is 15.5.